The molecule has 0 aliphatic heterocycles. The second-order valence-corrected chi connectivity index (χ2v) is 5.30. The van der Waals surface area contributed by atoms with Crippen molar-refractivity contribution < 1.29 is 4.79 Å². The standard InChI is InChI=1S/C18H18O/c1-3-4-8-14-12(2)10-16-15-9-6-5-7-13(15)11-17(16)18(14)19/h5-7,9-11H,3-4,8H2,1-2H3. The molecule has 1 nitrogen and oxygen atoms in total. The molecule has 96 valence electrons. The van der Waals surface area contributed by atoms with E-state index >= 15 is 0 Å². The number of ketones is 1. The second kappa shape index (κ2) is 4.65. The summed E-state index contributed by atoms with van der Waals surface area (Å²) in [6.45, 7) is 4.22. The van der Waals surface area contributed by atoms with Gasteiger partial charge in [0, 0.05) is 11.1 Å². The van der Waals surface area contributed by atoms with Gasteiger partial charge >= 0.3 is 0 Å². The van der Waals surface area contributed by atoms with Crippen LogP contribution < -0.4 is 0 Å². The van der Waals surface area contributed by atoms with E-state index in [0.717, 1.165) is 41.6 Å². The lowest BCUT2D eigenvalue weighted by molar-refractivity contribution is -0.112. The molecule has 0 saturated heterocycles. The Kier molecular flexibility index (Phi) is 2.98. The molecule has 2 aliphatic carbocycles. The van der Waals surface area contributed by atoms with Gasteiger partial charge in [-0.05, 0) is 48.1 Å². The van der Waals surface area contributed by atoms with E-state index in [-0.39, 0.29) is 5.78 Å². The predicted octanol–water partition coefficient (Wildman–Crippen LogP) is 4.56. The molecule has 0 heterocycles. The van der Waals surface area contributed by atoms with Crippen molar-refractivity contribution in [1.82, 2.24) is 0 Å². The largest absolute Gasteiger partial charge is 0.289 e. The normalized spacial score (nSPS) is 17.1. The van der Waals surface area contributed by atoms with Crippen molar-refractivity contribution in [3.05, 3.63) is 58.2 Å². The maximum Gasteiger partial charge on any atom is 0.189 e. The number of benzene rings is 1. The van der Waals surface area contributed by atoms with Crippen LogP contribution in [-0.2, 0) is 4.79 Å². The molecule has 1 aromatic carbocycles. The van der Waals surface area contributed by atoms with Gasteiger partial charge in [-0.3, -0.25) is 4.79 Å². The molecule has 0 fully saturated rings. The number of rotatable bonds is 3. The van der Waals surface area contributed by atoms with Gasteiger partial charge in [-0.2, -0.15) is 0 Å². The third-order valence-corrected chi connectivity index (χ3v) is 3.98. The van der Waals surface area contributed by atoms with Crippen LogP contribution in [-0.4, -0.2) is 5.78 Å². The summed E-state index contributed by atoms with van der Waals surface area (Å²) < 4.78 is 0. The summed E-state index contributed by atoms with van der Waals surface area (Å²) in [6.07, 6.45) is 7.34. The van der Waals surface area contributed by atoms with Crippen molar-refractivity contribution in [3.8, 4) is 0 Å². The van der Waals surface area contributed by atoms with Gasteiger partial charge in [0.2, 0.25) is 0 Å². The smallest absolute Gasteiger partial charge is 0.189 e. The first-order valence-electron chi connectivity index (χ1n) is 7.00. The van der Waals surface area contributed by atoms with Crippen molar-refractivity contribution in [2.24, 2.45) is 0 Å². The zero-order chi connectivity index (χ0) is 13.4. The molecule has 0 saturated carbocycles. The number of Topliss-reactive ketones (excluding diaryl/α,β-unsaturated/α-hetero) is 1. The van der Waals surface area contributed by atoms with E-state index in [1.807, 2.05) is 18.2 Å². The molecule has 0 bridgehead atoms. The van der Waals surface area contributed by atoms with E-state index in [9.17, 15) is 4.79 Å². The van der Waals surface area contributed by atoms with Crippen molar-refractivity contribution >= 4 is 17.4 Å². The van der Waals surface area contributed by atoms with E-state index in [1.54, 1.807) is 0 Å². The molecule has 0 aromatic heterocycles. The highest BCUT2D eigenvalue weighted by atomic mass is 16.1. The molecule has 1 heteroatoms. The van der Waals surface area contributed by atoms with E-state index in [0.29, 0.717) is 0 Å². The van der Waals surface area contributed by atoms with Crippen LogP contribution in [0.4, 0.5) is 0 Å². The van der Waals surface area contributed by atoms with Crippen LogP contribution in [0, 0.1) is 0 Å². The Bertz CT molecular complexity index is 641. The van der Waals surface area contributed by atoms with E-state index in [1.165, 1.54) is 11.1 Å². The molecule has 3 rings (SSSR count). The summed E-state index contributed by atoms with van der Waals surface area (Å²) in [6, 6.07) is 8.24. The first kappa shape index (κ1) is 12.2. The number of hydrogen-bond donors (Lipinski definition) is 0. The van der Waals surface area contributed by atoms with Gasteiger partial charge in [0.15, 0.2) is 5.78 Å². The number of carbonyl (C=O) groups excluding carboxylic acids is 1. The summed E-state index contributed by atoms with van der Waals surface area (Å²) in [7, 11) is 0. The monoisotopic (exact) mass is 250 g/mol. The number of allylic oxidation sites excluding steroid dienone is 5. The van der Waals surface area contributed by atoms with Crippen LogP contribution in [0.25, 0.3) is 11.6 Å². The molecule has 0 spiro atoms. The Labute approximate surface area is 114 Å². The summed E-state index contributed by atoms with van der Waals surface area (Å²) in [5, 5.41) is 0. The van der Waals surface area contributed by atoms with E-state index < -0.39 is 0 Å². The predicted molar refractivity (Wildman–Crippen MR) is 79.6 cm³/mol. The number of hydrogen-bond acceptors (Lipinski definition) is 1. The summed E-state index contributed by atoms with van der Waals surface area (Å²) in [5.74, 6) is 0.236. The fourth-order valence-electron chi connectivity index (χ4n) is 2.90. The highest BCUT2D eigenvalue weighted by molar-refractivity contribution is 6.26. The Morgan fingerprint density at radius 3 is 2.63 bits per heavy atom. The molecule has 2 aliphatic rings. The van der Waals surface area contributed by atoms with Gasteiger partial charge in [0.1, 0.15) is 0 Å². The van der Waals surface area contributed by atoms with Gasteiger partial charge in [-0.25, -0.2) is 0 Å². The van der Waals surface area contributed by atoms with E-state index in [4.69, 9.17) is 0 Å². The molecule has 0 atom stereocenters. The lowest BCUT2D eigenvalue weighted by Gasteiger charge is -2.17. The lowest BCUT2D eigenvalue weighted by Crippen LogP contribution is -2.12. The van der Waals surface area contributed by atoms with Crippen LogP contribution in [0.1, 0.15) is 44.2 Å². The van der Waals surface area contributed by atoms with Crippen LogP contribution in [0.15, 0.2) is 47.1 Å². The zero-order valence-corrected chi connectivity index (χ0v) is 11.5. The maximum atomic E-state index is 12.6. The third-order valence-electron chi connectivity index (χ3n) is 3.98. The molecule has 0 unspecified atom stereocenters. The second-order valence-electron chi connectivity index (χ2n) is 5.30. The summed E-state index contributed by atoms with van der Waals surface area (Å²) in [4.78, 5) is 12.6. The van der Waals surface area contributed by atoms with Crippen molar-refractivity contribution in [3.63, 3.8) is 0 Å². The molecule has 0 N–H and O–H groups in total. The maximum absolute atomic E-state index is 12.6. The van der Waals surface area contributed by atoms with Crippen molar-refractivity contribution in [1.29, 1.82) is 0 Å². The van der Waals surface area contributed by atoms with Gasteiger partial charge < -0.3 is 0 Å². The summed E-state index contributed by atoms with van der Waals surface area (Å²) in [5.41, 5.74) is 6.50. The van der Waals surface area contributed by atoms with Crippen molar-refractivity contribution in [2.45, 2.75) is 33.1 Å². The SMILES string of the molecule is CCCCC1=C(C)C=C2C(=Cc3ccccc32)C1=O. The van der Waals surface area contributed by atoms with Crippen LogP contribution in [0.3, 0.4) is 0 Å². The van der Waals surface area contributed by atoms with Gasteiger partial charge in [-0.15, -0.1) is 0 Å². The molecule has 1 aromatic rings. The molecule has 0 amide bonds. The average Bonchev–Trinajstić information content (AvgIpc) is 2.78. The molecule has 0 radical (unpaired) electrons. The summed E-state index contributed by atoms with van der Waals surface area (Å²) >= 11 is 0. The first-order valence-corrected chi connectivity index (χ1v) is 7.00. The fourth-order valence-corrected chi connectivity index (χ4v) is 2.90. The van der Waals surface area contributed by atoms with Crippen LogP contribution in [0.5, 0.6) is 0 Å². The molecular formula is C18H18O. The average molecular weight is 250 g/mol. The van der Waals surface area contributed by atoms with Crippen LogP contribution >= 0.6 is 0 Å². The van der Waals surface area contributed by atoms with Crippen molar-refractivity contribution in [2.75, 3.05) is 0 Å². The number of carbonyl (C=O) groups is 1. The Hall–Kier alpha value is -1.89. The first-order chi connectivity index (χ1) is 9.22. The minimum absolute atomic E-state index is 0.236. The minimum atomic E-state index is 0.236. The van der Waals surface area contributed by atoms with E-state index in [2.05, 4.69) is 32.1 Å². The highest BCUT2D eigenvalue weighted by Crippen LogP contribution is 2.41. The number of unbranched alkanes of at least 4 members (excludes halogenated alkanes) is 1. The lowest BCUT2D eigenvalue weighted by atomic mass is 9.85. The fraction of sp³-hybridized carbons (Fsp3) is 0.278. The van der Waals surface area contributed by atoms with Gasteiger partial charge in [0.05, 0.1) is 0 Å². The highest BCUT2D eigenvalue weighted by Gasteiger charge is 2.29. The minimum Gasteiger partial charge on any atom is -0.289 e. The molecule has 19 heavy (non-hydrogen) atoms. The van der Waals surface area contributed by atoms with Crippen LogP contribution in [0.2, 0.25) is 0 Å². The Morgan fingerprint density at radius 1 is 1.05 bits per heavy atom. The number of fused-ring (bicyclic) bond motifs is 3. The molecular weight excluding hydrogens is 232 g/mol. The zero-order valence-electron chi connectivity index (χ0n) is 11.5. The quantitative estimate of drug-likeness (QED) is 0.768. The third kappa shape index (κ3) is 1.90. The Morgan fingerprint density at radius 2 is 1.84 bits per heavy atom. The van der Waals surface area contributed by atoms with Gasteiger partial charge in [0.25, 0.3) is 0 Å². The Balaban J connectivity index is 2.06. The van der Waals surface area contributed by atoms with Gasteiger partial charge in [-0.1, -0.05) is 43.7 Å². The topological polar surface area (TPSA) is 17.1 Å².